The van der Waals surface area contributed by atoms with Gasteiger partial charge in [-0.1, -0.05) is 86.6 Å². The lowest BCUT2D eigenvalue weighted by molar-refractivity contribution is -0.203. The van der Waals surface area contributed by atoms with E-state index in [1.54, 1.807) is 24.3 Å². The van der Waals surface area contributed by atoms with Gasteiger partial charge in [0.1, 0.15) is 24.7 Å². The second kappa shape index (κ2) is 15.8. The first-order chi connectivity index (χ1) is 22.3. The first-order valence-electron chi connectivity index (χ1n) is 15.0. The van der Waals surface area contributed by atoms with E-state index in [1.165, 1.54) is 36.4 Å². The molecule has 252 valence electrons. The Bertz CT molecular complexity index is 1460. The van der Waals surface area contributed by atoms with Gasteiger partial charge in [0, 0.05) is 35.1 Å². The molecule has 0 radical (unpaired) electrons. The zero-order valence-corrected chi connectivity index (χ0v) is 25.7. The third-order valence-electron chi connectivity index (χ3n) is 7.46. The molecular weight excluding hydrogens is 632 g/mol. The molecular formula is C36H34F8O3. The molecule has 0 heterocycles. The monoisotopic (exact) mass is 666 g/mol. The van der Waals surface area contributed by atoms with Crippen molar-refractivity contribution in [3.05, 3.63) is 129 Å². The molecule has 2 unspecified atom stereocenters. The molecule has 4 aromatic carbocycles. The number of rotatable bonds is 14. The maximum Gasteiger partial charge on any atom is 0.411 e. The Kier molecular flexibility index (Phi) is 12.0. The Balaban J connectivity index is 1.78. The van der Waals surface area contributed by atoms with Crippen LogP contribution >= 0.6 is 0 Å². The zero-order valence-electron chi connectivity index (χ0n) is 25.7. The fraction of sp³-hybridized carbons (Fsp3) is 0.333. The SMILES string of the molecule is CCc1ccc(Cc2c(Oc3cccc(C(F)OCC(F)(F)F)c3Cc3ccc(CC)cc3)cccc2C(F)OCC(F)(F)F)cc1. The predicted molar refractivity (Wildman–Crippen MR) is 162 cm³/mol. The van der Waals surface area contributed by atoms with Crippen molar-refractivity contribution in [3.8, 4) is 11.5 Å². The molecule has 0 bridgehead atoms. The normalized spacial score (nSPS) is 13.4. The van der Waals surface area contributed by atoms with Crippen molar-refractivity contribution >= 4 is 0 Å². The molecule has 0 aliphatic carbocycles. The van der Waals surface area contributed by atoms with Crippen LogP contribution in [0.5, 0.6) is 11.5 Å². The van der Waals surface area contributed by atoms with Gasteiger partial charge in [0.2, 0.25) is 12.7 Å². The van der Waals surface area contributed by atoms with Gasteiger partial charge in [-0.15, -0.1) is 0 Å². The number of ether oxygens (including phenoxy) is 3. The summed E-state index contributed by atoms with van der Waals surface area (Å²) < 4.78 is 123. The lowest BCUT2D eigenvalue weighted by atomic mass is 9.96. The summed E-state index contributed by atoms with van der Waals surface area (Å²) in [4.78, 5) is 0. The van der Waals surface area contributed by atoms with Crippen LogP contribution in [-0.4, -0.2) is 25.6 Å². The molecule has 2 atom stereocenters. The summed E-state index contributed by atoms with van der Waals surface area (Å²) in [7, 11) is 0. The molecule has 0 aliphatic heterocycles. The Labute approximate surface area is 268 Å². The van der Waals surface area contributed by atoms with Gasteiger partial charge < -0.3 is 14.2 Å². The fourth-order valence-corrected chi connectivity index (χ4v) is 4.99. The number of benzene rings is 4. The van der Waals surface area contributed by atoms with E-state index in [4.69, 9.17) is 4.74 Å². The third kappa shape index (κ3) is 10.5. The third-order valence-corrected chi connectivity index (χ3v) is 7.46. The van der Waals surface area contributed by atoms with Crippen LogP contribution in [0.3, 0.4) is 0 Å². The van der Waals surface area contributed by atoms with Gasteiger partial charge >= 0.3 is 12.4 Å². The molecule has 11 heteroatoms. The molecule has 3 nitrogen and oxygen atoms in total. The van der Waals surface area contributed by atoms with Crippen LogP contribution in [0.15, 0.2) is 84.9 Å². The first kappa shape index (κ1) is 35.9. The van der Waals surface area contributed by atoms with E-state index in [0.717, 1.165) is 24.0 Å². The summed E-state index contributed by atoms with van der Waals surface area (Å²) in [5.74, 6) is 0.0957. The van der Waals surface area contributed by atoms with Crippen molar-refractivity contribution in [1.82, 2.24) is 0 Å². The van der Waals surface area contributed by atoms with Crippen LogP contribution in [0.2, 0.25) is 0 Å². The number of aryl methyl sites for hydroxylation is 2. The molecule has 0 spiro atoms. The summed E-state index contributed by atoms with van der Waals surface area (Å²) in [5, 5.41) is 0. The molecule has 47 heavy (non-hydrogen) atoms. The molecule has 0 N–H and O–H groups in total. The molecule has 0 amide bonds. The van der Waals surface area contributed by atoms with Crippen molar-refractivity contribution < 1.29 is 49.3 Å². The number of halogens is 8. The second-order valence-electron chi connectivity index (χ2n) is 10.9. The molecule has 0 aromatic heterocycles. The van der Waals surface area contributed by atoms with Gasteiger partial charge in [-0.3, -0.25) is 0 Å². The molecule has 0 aliphatic rings. The number of alkyl halides is 8. The standard InChI is InChI=1S/C36H34F8O3/c1-3-23-11-15-25(16-12-23)19-29-27(33(37)45-21-35(39,40)41)7-5-9-31(29)47-32-10-6-8-28(34(38)46-22-36(42,43)44)30(32)20-26-17-13-24(4-2)14-18-26/h5-18,33-34H,3-4,19-22H2,1-2H3. The highest BCUT2D eigenvalue weighted by Gasteiger charge is 2.32. The Morgan fingerprint density at radius 3 is 1.17 bits per heavy atom. The minimum atomic E-state index is -4.77. The lowest BCUT2D eigenvalue weighted by Gasteiger charge is -2.22. The maximum absolute atomic E-state index is 15.3. The Morgan fingerprint density at radius 1 is 0.511 bits per heavy atom. The topological polar surface area (TPSA) is 27.7 Å². The highest BCUT2D eigenvalue weighted by molar-refractivity contribution is 5.50. The van der Waals surface area contributed by atoms with Crippen LogP contribution in [0.4, 0.5) is 35.1 Å². The average molecular weight is 667 g/mol. The van der Waals surface area contributed by atoms with Crippen LogP contribution in [0.1, 0.15) is 71.1 Å². The van der Waals surface area contributed by atoms with Gasteiger partial charge in [0.15, 0.2) is 0 Å². The highest BCUT2D eigenvalue weighted by Crippen LogP contribution is 2.39. The summed E-state index contributed by atoms with van der Waals surface area (Å²) >= 11 is 0. The van der Waals surface area contributed by atoms with Gasteiger partial charge in [-0.05, 0) is 47.2 Å². The van der Waals surface area contributed by atoms with Crippen molar-refractivity contribution in [3.63, 3.8) is 0 Å². The van der Waals surface area contributed by atoms with E-state index in [-0.39, 0.29) is 46.6 Å². The number of hydrogen-bond donors (Lipinski definition) is 0. The van der Waals surface area contributed by atoms with Crippen LogP contribution in [-0.2, 0) is 35.2 Å². The average Bonchev–Trinajstić information content (AvgIpc) is 3.04. The van der Waals surface area contributed by atoms with Gasteiger partial charge in [0.25, 0.3) is 0 Å². The van der Waals surface area contributed by atoms with Crippen LogP contribution in [0.25, 0.3) is 0 Å². The largest absolute Gasteiger partial charge is 0.457 e. The Morgan fingerprint density at radius 2 is 0.851 bits per heavy atom. The van der Waals surface area contributed by atoms with Crippen LogP contribution in [0, 0.1) is 0 Å². The quantitative estimate of drug-likeness (QED) is 0.125. The van der Waals surface area contributed by atoms with E-state index >= 15 is 8.78 Å². The lowest BCUT2D eigenvalue weighted by Crippen LogP contribution is -2.19. The summed E-state index contributed by atoms with van der Waals surface area (Å²) in [5.41, 5.74) is 3.45. The van der Waals surface area contributed by atoms with E-state index in [9.17, 15) is 26.3 Å². The summed E-state index contributed by atoms with van der Waals surface area (Å²) in [6, 6.07) is 23.0. The predicted octanol–water partition coefficient (Wildman–Crippen LogP) is 10.9. The fourth-order valence-electron chi connectivity index (χ4n) is 4.99. The first-order valence-corrected chi connectivity index (χ1v) is 15.0. The van der Waals surface area contributed by atoms with E-state index in [0.29, 0.717) is 11.1 Å². The molecule has 0 fully saturated rings. The van der Waals surface area contributed by atoms with Crippen molar-refractivity contribution in [2.24, 2.45) is 0 Å². The van der Waals surface area contributed by atoms with Crippen LogP contribution < -0.4 is 4.74 Å². The molecule has 4 aromatic rings. The highest BCUT2D eigenvalue weighted by atomic mass is 19.4. The van der Waals surface area contributed by atoms with Crippen molar-refractivity contribution in [1.29, 1.82) is 0 Å². The molecule has 0 saturated carbocycles. The molecule has 0 saturated heterocycles. The van der Waals surface area contributed by atoms with Crippen molar-refractivity contribution in [2.75, 3.05) is 13.2 Å². The van der Waals surface area contributed by atoms with Gasteiger partial charge in [-0.2, -0.15) is 26.3 Å². The van der Waals surface area contributed by atoms with E-state index in [1.807, 2.05) is 38.1 Å². The smallest absolute Gasteiger partial charge is 0.411 e. The number of hydrogen-bond acceptors (Lipinski definition) is 3. The Hall–Kier alpha value is -3.96. The van der Waals surface area contributed by atoms with E-state index < -0.39 is 38.3 Å². The minimum Gasteiger partial charge on any atom is -0.457 e. The van der Waals surface area contributed by atoms with Gasteiger partial charge in [-0.25, -0.2) is 8.78 Å². The van der Waals surface area contributed by atoms with Gasteiger partial charge in [0.05, 0.1) is 0 Å². The maximum atomic E-state index is 15.3. The summed E-state index contributed by atoms with van der Waals surface area (Å²) in [6.45, 7) is 0.315. The minimum absolute atomic E-state index is 0.0409. The van der Waals surface area contributed by atoms with E-state index in [2.05, 4.69) is 9.47 Å². The molecule has 4 rings (SSSR count). The zero-order chi connectivity index (χ0) is 34.2. The summed E-state index contributed by atoms with van der Waals surface area (Å²) in [6.07, 6.45) is -12.8. The second-order valence-corrected chi connectivity index (χ2v) is 10.9. The van der Waals surface area contributed by atoms with Crippen molar-refractivity contribution in [2.45, 2.75) is 64.6 Å².